The third kappa shape index (κ3) is 5.09. The van der Waals surface area contributed by atoms with E-state index in [9.17, 15) is 14.4 Å². The number of carbonyl (C=O) groups is 3. The molecule has 1 N–H and O–H groups in total. The summed E-state index contributed by atoms with van der Waals surface area (Å²) in [7, 11) is 0. The number of hydrogen-bond donors (Lipinski definition) is 1. The molecule has 2 aliphatic carbocycles. The van der Waals surface area contributed by atoms with Crippen LogP contribution in [0.1, 0.15) is 56.9 Å². The third-order valence-electron chi connectivity index (χ3n) is 7.23. The fourth-order valence-electron chi connectivity index (χ4n) is 5.68. The smallest absolute Gasteiger partial charge is 0.262 e. The zero-order valence-electron chi connectivity index (χ0n) is 20.9. The molecule has 0 saturated carbocycles. The van der Waals surface area contributed by atoms with Crippen molar-refractivity contribution in [1.82, 2.24) is 4.90 Å². The van der Waals surface area contributed by atoms with E-state index in [0.29, 0.717) is 46.8 Å². The van der Waals surface area contributed by atoms with Crippen LogP contribution in [-0.2, 0) is 14.4 Å². The first-order valence-corrected chi connectivity index (χ1v) is 13.9. The molecule has 6 nitrogen and oxygen atoms in total. The molecule has 1 aliphatic heterocycles. The van der Waals surface area contributed by atoms with Gasteiger partial charge in [0.1, 0.15) is 0 Å². The first-order valence-electron chi connectivity index (χ1n) is 12.8. The Kier molecular flexibility index (Phi) is 7.85. The van der Waals surface area contributed by atoms with Crippen molar-refractivity contribution in [3.05, 3.63) is 79.6 Å². The Balaban J connectivity index is 1.46. The maximum atomic E-state index is 13.3. The molecule has 0 aromatic heterocycles. The number of hydrogen-bond acceptors (Lipinski definition) is 5. The molecule has 2 aromatic carbocycles. The molecule has 0 spiro atoms. The third-order valence-corrected chi connectivity index (χ3v) is 8.05. The van der Waals surface area contributed by atoms with Crippen LogP contribution in [-0.4, -0.2) is 35.5 Å². The van der Waals surface area contributed by atoms with Gasteiger partial charge in [-0.1, -0.05) is 34.8 Å². The van der Waals surface area contributed by atoms with E-state index >= 15 is 0 Å². The van der Waals surface area contributed by atoms with E-state index < -0.39 is 5.92 Å². The number of nitrogens with one attached hydrogen (secondary N) is 1. The largest absolute Gasteiger partial charge is 0.481 e. The van der Waals surface area contributed by atoms with E-state index in [1.807, 2.05) is 0 Å². The van der Waals surface area contributed by atoms with Crippen molar-refractivity contribution in [2.45, 2.75) is 51.4 Å². The number of ether oxygens (including phenoxy) is 1. The number of rotatable bonds is 6. The number of halogens is 3. The summed E-state index contributed by atoms with van der Waals surface area (Å²) in [6.45, 7) is 2.45. The predicted octanol–water partition coefficient (Wildman–Crippen LogP) is 7.10. The number of carbonyl (C=O) groups excluding carboxylic acids is 3. The van der Waals surface area contributed by atoms with E-state index in [-0.39, 0.29) is 39.9 Å². The van der Waals surface area contributed by atoms with Crippen LogP contribution in [0, 0.1) is 0 Å². The number of ketones is 2. The van der Waals surface area contributed by atoms with Gasteiger partial charge in [-0.05, 0) is 74.6 Å². The lowest BCUT2D eigenvalue weighted by Crippen LogP contribution is -2.39. The average Bonchev–Trinajstić information content (AvgIpc) is 2.88. The van der Waals surface area contributed by atoms with Gasteiger partial charge in [0.15, 0.2) is 23.9 Å². The molecule has 5 rings (SSSR count). The Labute approximate surface area is 236 Å². The van der Waals surface area contributed by atoms with Crippen LogP contribution in [0.25, 0.3) is 0 Å². The van der Waals surface area contributed by atoms with E-state index in [4.69, 9.17) is 39.5 Å². The van der Waals surface area contributed by atoms with Crippen LogP contribution < -0.4 is 10.1 Å². The molecular weight excluding hydrogens is 547 g/mol. The molecule has 0 unspecified atom stereocenters. The first-order chi connectivity index (χ1) is 18.3. The summed E-state index contributed by atoms with van der Waals surface area (Å²) >= 11 is 19.1. The lowest BCUT2D eigenvalue weighted by atomic mass is 9.71. The van der Waals surface area contributed by atoms with Crippen molar-refractivity contribution in [3.8, 4) is 5.75 Å². The molecule has 38 heavy (non-hydrogen) atoms. The SMILES string of the molecule is CCN1C2=C(C(=O)CCC2)C(c2cc(Cl)c(OCC(=O)Nc3ccc(Cl)cc3)c(Cl)c2)C2=C1CCCC2=O. The summed E-state index contributed by atoms with van der Waals surface area (Å²) in [5.74, 6) is -0.610. The van der Waals surface area contributed by atoms with Crippen LogP contribution in [0.3, 0.4) is 0 Å². The van der Waals surface area contributed by atoms with Gasteiger partial charge in [0.2, 0.25) is 0 Å². The first kappa shape index (κ1) is 26.8. The molecule has 3 aliphatic rings. The summed E-state index contributed by atoms with van der Waals surface area (Å²) in [6, 6.07) is 10.1. The lowest BCUT2D eigenvalue weighted by molar-refractivity contribution is -0.118. The number of Topliss-reactive ketones (excluding diaryl/α,β-unsaturated/α-hetero) is 2. The number of allylic oxidation sites excluding steroid dienone is 4. The highest BCUT2D eigenvalue weighted by atomic mass is 35.5. The average molecular weight is 574 g/mol. The van der Waals surface area contributed by atoms with Crippen molar-refractivity contribution in [1.29, 1.82) is 0 Å². The van der Waals surface area contributed by atoms with Gasteiger partial charge < -0.3 is 15.0 Å². The Hall–Kier alpha value is -2.80. The van der Waals surface area contributed by atoms with E-state index in [0.717, 1.165) is 37.1 Å². The van der Waals surface area contributed by atoms with Gasteiger partial charge in [-0.15, -0.1) is 0 Å². The second-order valence-corrected chi connectivity index (χ2v) is 10.9. The lowest BCUT2D eigenvalue weighted by Gasteiger charge is -2.43. The minimum atomic E-state index is -0.513. The zero-order valence-corrected chi connectivity index (χ0v) is 23.2. The van der Waals surface area contributed by atoms with Crippen molar-refractivity contribution in [2.75, 3.05) is 18.5 Å². The molecule has 1 heterocycles. The Morgan fingerprint density at radius 2 is 1.47 bits per heavy atom. The van der Waals surface area contributed by atoms with Crippen LogP contribution in [0.15, 0.2) is 58.9 Å². The van der Waals surface area contributed by atoms with Crippen molar-refractivity contribution in [2.24, 2.45) is 0 Å². The quantitative estimate of drug-likeness (QED) is 0.399. The minimum Gasteiger partial charge on any atom is -0.481 e. The number of nitrogens with zero attached hydrogens (tertiary/aromatic N) is 1. The Morgan fingerprint density at radius 3 is 2.00 bits per heavy atom. The molecule has 9 heteroatoms. The van der Waals surface area contributed by atoms with Crippen LogP contribution in [0.5, 0.6) is 5.75 Å². The number of amides is 1. The summed E-state index contributed by atoms with van der Waals surface area (Å²) in [5, 5.41) is 3.70. The topological polar surface area (TPSA) is 75.7 Å². The summed E-state index contributed by atoms with van der Waals surface area (Å²) in [4.78, 5) is 41.1. The highest BCUT2D eigenvalue weighted by Crippen LogP contribution is 2.50. The van der Waals surface area contributed by atoms with Crippen LogP contribution in [0.2, 0.25) is 15.1 Å². The molecule has 2 aromatic rings. The van der Waals surface area contributed by atoms with E-state index in [1.54, 1.807) is 36.4 Å². The minimum absolute atomic E-state index is 0.0612. The number of benzene rings is 2. The van der Waals surface area contributed by atoms with Crippen molar-refractivity contribution in [3.63, 3.8) is 0 Å². The van der Waals surface area contributed by atoms with E-state index in [2.05, 4.69) is 17.1 Å². The molecular formula is C29H27Cl3N2O4. The zero-order chi connectivity index (χ0) is 27.0. The molecule has 0 bridgehead atoms. The fraction of sp³-hybridized carbons (Fsp3) is 0.345. The fourth-order valence-corrected chi connectivity index (χ4v) is 6.42. The Bertz CT molecular complexity index is 1310. The standard InChI is InChI=1S/C29H27Cl3N2O4/c1-2-34-21-5-3-7-23(35)27(21)26(28-22(34)6-4-8-24(28)36)16-13-19(31)29(20(32)14-16)38-15-25(37)33-18-11-9-17(30)10-12-18/h9-14,26H,2-8,15H2,1H3,(H,33,37). The van der Waals surface area contributed by atoms with Gasteiger partial charge in [-0.2, -0.15) is 0 Å². The Morgan fingerprint density at radius 1 is 0.921 bits per heavy atom. The molecule has 0 fully saturated rings. The van der Waals surface area contributed by atoms with Gasteiger partial charge in [0.25, 0.3) is 5.91 Å². The normalized spacial score (nSPS) is 17.9. The van der Waals surface area contributed by atoms with Crippen molar-refractivity contribution >= 4 is 58.0 Å². The van der Waals surface area contributed by atoms with Gasteiger partial charge in [0.05, 0.1) is 10.0 Å². The maximum Gasteiger partial charge on any atom is 0.262 e. The van der Waals surface area contributed by atoms with E-state index in [1.165, 1.54) is 0 Å². The highest BCUT2D eigenvalue weighted by molar-refractivity contribution is 6.37. The second kappa shape index (κ2) is 11.1. The van der Waals surface area contributed by atoms with Crippen LogP contribution >= 0.6 is 34.8 Å². The van der Waals surface area contributed by atoms with Gasteiger partial charge in [-0.3, -0.25) is 14.4 Å². The van der Waals surface area contributed by atoms with Gasteiger partial charge >= 0.3 is 0 Å². The predicted molar refractivity (Wildman–Crippen MR) is 149 cm³/mol. The van der Waals surface area contributed by atoms with Gasteiger partial charge in [0, 0.05) is 58.6 Å². The maximum absolute atomic E-state index is 13.3. The molecule has 0 atom stereocenters. The molecule has 1 amide bonds. The number of anilines is 1. The second-order valence-electron chi connectivity index (χ2n) is 9.61. The van der Waals surface area contributed by atoms with Crippen LogP contribution in [0.4, 0.5) is 5.69 Å². The molecule has 0 radical (unpaired) electrons. The van der Waals surface area contributed by atoms with Gasteiger partial charge in [-0.25, -0.2) is 0 Å². The summed E-state index contributed by atoms with van der Waals surface area (Å²) in [6.07, 6.45) is 4.08. The summed E-state index contributed by atoms with van der Waals surface area (Å²) < 4.78 is 5.69. The summed E-state index contributed by atoms with van der Waals surface area (Å²) in [5.41, 5.74) is 4.63. The molecule has 0 saturated heterocycles. The molecule has 198 valence electrons. The highest BCUT2D eigenvalue weighted by Gasteiger charge is 2.43. The monoisotopic (exact) mass is 572 g/mol. The van der Waals surface area contributed by atoms with Crippen molar-refractivity contribution < 1.29 is 19.1 Å².